The van der Waals surface area contributed by atoms with Gasteiger partial charge in [0.25, 0.3) is 0 Å². The lowest BCUT2D eigenvalue weighted by atomic mass is 10.0. The van der Waals surface area contributed by atoms with Gasteiger partial charge in [0, 0.05) is 13.1 Å². The van der Waals surface area contributed by atoms with Crippen LogP contribution in [0.5, 0.6) is 0 Å². The summed E-state index contributed by atoms with van der Waals surface area (Å²) in [4.78, 5) is 0. The van der Waals surface area contributed by atoms with Crippen molar-refractivity contribution < 1.29 is 13.5 Å². The second-order valence-corrected chi connectivity index (χ2v) is 7.59. The number of aliphatic hydroxyl groups excluding tert-OH is 1. The molecule has 2 aliphatic rings. The third-order valence-corrected chi connectivity index (χ3v) is 6.20. The topological polar surface area (TPSA) is 57.6 Å². The first kappa shape index (κ1) is 13.3. The van der Waals surface area contributed by atoms with Crippen LogP contribution in [0.2, 0.25) is 0 Å². The summed E-state index contributed by atoms with van der Waals surface area (Å²) in [5.41, 5.74) is 0. The van der Waals surface area contributed by atoms with E-state index in [0.29, 0.717) is 24.8 Å². The van der Waals surface area contributed by atoms with Crippen LogP contribution in [-0.4, -0.2) is 42.8 Å². The van der Waals surface area contributed by atoms with E-state index in [1.807, 2.05) is 0 Å². The molecule has 1 saturated heterocycles. The molecule has 1 saturated carbocycles. The lowest BCUT2D eigenvalue weighted by molar-refractivity contribution is 0.133. The summed E-state index contributed by atoms with van der Waals surface area (Å²) in [6.07, 6.45) is 4.87. The van der Waals surface area contributed by atoms with Crippen LogP contribution < -0.4 is 0 Å². The van der Waals surface area contributed by atoms with E-state index in [-0.39, 0.29) is 5.92 Å². The molecule has 2 atom stereocenters. The average Bonchev–Trinajstić information content (AvgIpc) is 2.84. The zero-order valence-electron chi connectivity index (χ0n) is 10.5. The molecule has 0 radical (unpaired) electrons. The first-order chi connectivity index (χ1) is 7.99. The van der Waals surface area contributed by atoms with Gasteiger partial charge in [-0.1, -0.05) is 12.8 Å². The highest BCUT2D eigenvalue weighted by Gasteiger charge is 2.35. The SMILES string of the molecule is CC(O)C1CCN(S(=O)(=O)CC2CCCC2)C1. The van der Waals surface area contributed by atoms with Gasteiger partial charge < -0.3 is 5.11 Å². The van der Waals surface area contributed by atoms with Crippen molar-refractivity contribution >= 4 is 10.0 Å². The van der Waals surface area contributed by atoms with Gasteiger partial charge >= 0.3 is 0 Å². The number of rotatable bonds is 4. The van der Waals surface area contributed by atoms with Gasteiger partial charge in [0.2, 0.25) is 10.0 Å². The molecule has 2 unspecified atom stereocenters. The molecule has 0 aromatic heterocycles. The zero-order chi connectivity index (χ0) is 12.5. The molecule has 2 rings (SSSR count). The van der Waals surface area contributed by atoms with Crippen LogP contribution in [0.1, 0.15) is 39.0 Å². The minimum Gasteiger partial charge on any atom is -0.393 e. The molecule has 1 aliphatic heterocycles. The summed E-state index contributed by atoms with van der Waals surface area (Å²) in [5.74, 6) is 0.804. The predicted molar refractivity (Wildman–Crippen MR) is 67.1 cm³/mol. The van der Waals surface area contributed by atoms with Crippen molar-refractivity contribution in [3.05, 3.63) is 0 Å². The summed E-state index contributed by atoms with van der Waals surface area (Å²) in [6, 6.07) is 0. The minimum absolute atomic E-state index is 0.119. The van der Waals surface area contributed by atoms with Crippen molar-refractivity contribution in [3.63, 3.8) is 0 Å². The van der Waals surface area contributed by atoms with Gasteiger partial charge in [-0.05, 0) is 38.0 Å². The van der Waals surface area contributed by atoms with Gasteiger partial charge in [0.05, 0.1) is 11.9 Å². The number of hydrogen-bond acceptors (Lipinski definition) is 3. The number of aliphatic hydroxyl groups is 1. The molecular formula is C12H23NO3S. The molecule has 100 valence electrons. The van der Waals surface area contributed by atoms with Crippen LogP contribution in [-0.2, 0) is 10.0 Å². The van der Waals surface area contributed by atoms with Crippen molar-refractivity contribution in [1.29, 1.82) is 0 Å². The smallest absolute Gasteiger partial charge is 0.214 e. The third kappa shape index (κ3) is 3.20. The van der Waals surface area contributed by atoms with Crippen molar-refractivity contribution in [2.75, 3.05) is 18.8 Å². The first-order valence-electron chi connectivity index (χ1n) is 6.65. The molecule has 1 aliphatic carbocycles. The maximum Gasteiger partial charge on any atom is 0.214 e. The Balaban J connectivity index is 1.92. The van der Waals surface area contributed by atoms with Crippen molar-refractivity contribution in [3.8, 4) is 0 Å². The molecule has 4 nitrogen and oxygen atoms in total. The van der Waals surface area contributed by atoms with E-state index in [4.69, 9.17) is 0 Å². The van der Waals surface area contributed by atoms with E-state index in [2.05, 4.69) is 0 Å². The van der Waals surface area contributed by atoms with Crippen molar-refractivity contribution in [2.24, 2.45) is 11.8 Å². The molecule has 1 heterocycles. The Labute approximate surface area is 104 Å². The van der Waals surface area contributed by atoms with Crippen molar-refractivity contribution in [2.45, 2.75) is 45.1 Å². The lowest BCUT2D eigenvalue weighted by Gasteiger charge is -2.19. The van der Waals surface area contributed by atoms with Gasteiger partial charge in [-0.15, -0.1) is 0 Å². The quantitative estimate of drug-likeness (QED) is 0.827. The molecule has 0 spiro atoms. The minimum atomic E-state index is -3.09. The zero-order valence-corrected chi connectivity index (χ0v) is 11.3. The summed E-state index contributed by atoms with van der Waals surface area (Å²) < 4.78 is 26.0. The Morgan fingerprint density at radius 1 is 1.29 bits per heavy atom. The lowest BCUT2D eigenvalue weighted by Crippen LogP contribution is -2.34. The Morgan fingerprint density at radius 3 is 2.47 bits per heavy atom. The van der Waals surface area contributed by atoms with Crippen molar-refractivity contribution in [1.82, 2.24) is 4.31 Å². The molecule has 0 aromatic rings. The van der Waals surface area contributed by atoms with E-state index < -0.39 is 16.1 Å². The van der Waals surface area contributed by atoms with Gasteiger partial charge in [-0.2, -0.15) is 0 Å². The standard InChI is InChI=1S/C12H23NO3S/c1-10(14)12-6-7-13(8-12)17(15,16)9-11-4-2-3-5-11/h10-12,14H,2-9H2,1H3. The Kier molecular flexibility index (Phi) is 4.10. The molecular weight excluding hydrogens is 238 g/mol. The summed E-state index contributed by atoms with van der Waals surface area (Å²) in [6.45, 7) is 2.84. The molecule has 0 bridgehead atoms. The molecule has 1 N–H and O–H groups in total. The third-order valence-electron chi connectivity index (χ3n) is 4.18. The van der Waals surface area contributed by atoms with Crippen LogP contribution in [0.4, 0.5) is 0 Å². The van der Waals surface area contributed by atoms with E-state index in [9.17, 15) is 13.5 Å². The summed E-state index contributed by atoms with van der Waals surface area (Å²) in [7, 11) is -3.09. The predicted octanol–water partition coefficient (Wildman–Crippen LogP) is 1.21. The Hall–Kier alpha value is -0.130. The second kappa shape index (κ2) is 5.24. The highest BCUT2D eigenvalue weighted by molar-refractivity contribution is 7.89. The van der Waals surface area contributed by atoms with Gasteiger partial charge in [-0.3, -0.25) is 0 Å². The van der Waals surface area contributed by atoms with Gasteiger partial charge in [-0.25, -0.2) is 12.7 Å². The maximum atomic E-state index is 12.2. The largest absolute Gasteiger partial charge is 0.393 e. The second-order valence-electron chi connectivity index (χ2n) is 5.58. The van der Waals surface area contributed by atoms with Gasteiger partial charge in [0.1, 0.15) is 0 Å². The average molecular weight is 261 g/mol. The monoisotopic (exact) mass is 261 g/mol. The molecule has 0 aromatic carbocycles. The molecule has 5 heteroatoms. The Morgan fingerprint density at radius 2 is 1.94 bits per heavy atom. The fraction of sp³-hybridized carbons (Fsp3) is 1.00. The first-order valence-corrected chi connectivity index (χ1v) is 8.26. The summed E-state index contributed by atoms with van der Waals surface area (Å²) >= 11 is 0. The van der Waals surface area contributed by atoms with E-state index in [0.717, 1.165) is 19.3 Å². The van der Waals surface area contributed by atoms with Crippen LogP contribution in [0.15, 0.2) is 0 Å². The van der Waals surface area contributed by atoms with Gasteiger partial charge in [0.15, 0.2) is 0 Å². The highest BCUT2D eigenvalue weighted by atomic mass is 32.2. The van der Waals surface area contributed by atoms with E-state index >= 15 is 0 Å². The Bertz CT molecular complexity index is 347. The number of hydrogen-bond donors (Lipinski definition) is 1. The molecule has 17 heavy (non-hydrogen) atoms. The highest BCUT2D eigenvalue weighted by Crippen LogP contribution is 2.29. The van der Waals surface area contributed by atoms with Crippen LogP contribution >= 0.6 is 0 Å². The molecule has 2 fully saturated rings. The summed E-state index contributed by atoms with van der Waals surface area (Å²) in [5, 5.41) is 9.50. The maximum absolute atomic E-state index is 12.2. The van der Waals surface area contributed by atoms with E-state index in [1.165, 1.54) is 12.8 Å². The van der Waals surface area contributed by atoms with Crippen LogP contribution in [0.25, 0.3) is 0 Å². The fourth-order valence-electron chi connectivity index (χ4n) is 2.98. The van der Waals surface area contributed by atoms with Crippen LogP contribution in [0.3, 0.4) is 0 Å². The number of nitrogens with zero attached hydrogens (tertiary/aromatic N) is 1. The normalized spacial score (nSPS) is 29.9. The van der Waals surface area contributed by atoms with Crippen LogP contribution in [0, 0.1) is 11.8 Å². The fourth-order valence-corrected chi connectivity index (χ4v) is 4.92. The number of sulfonamides is 1. The molecule has 0 amide bonds. The van der Waals surface area contributed by atoms with E-state index in [1.54, 1.807) is 11.2 Å².